The van der Waals surface area contributed by atoms with Gasteiger partial charge in [-0.2, -0.15) is 8.42 Å². The van der Waals surface area contributed by atoms with Gasteiger partial charge in [0.05, 0.1) is 0 Å². The molecule has 0 aromatic carbocycles. The predicted octanol–water partition coefficient (Wildman–Crippen LogP) is -4.80. The first kappa shape index (κ1) is 36.0. The molecule has 14 heteroatoms. The molecule has 0 bridgehead atoms. The first-order valence-electron chi connectivity index (χ1n) is 1.48. The third-order valence-electron chi connectivity index (χ3n) is 0. The molecule has 0 radical (unpaired) electrons. The van der Waals surface area contributed by atoms with E-state index in [2.05, 4.69) is 0 Å². The summed E-state index contributed by atoms with van der Waals surface area (Å²) < 4.78 is 40.5. The van der Waals surface area contributed by atoms with Crippen LogP contribution in [0, 0.1) is 0 Å². The van der Waals surface area contributed by atoms with Crippen molar-refractivity contribution in [3.63, 3.8) is 0 Å². The molecule has 0 fully saturated rings. The van der Waals surface area contributed by atoms with Gasteiger partial charge >= 0.3 is 85.5 Å². The van der Waals surface area contributed by atoms with E-state index in [0.717, 1.165) is 0 Å². The zero-order valence-corrected chi connectivity index (χ0v) is 7.03. The summed E-state index contributed by atoms with van der Waals surface area (Å²) in [5.41, 5.74) is 0. The molecule has 0 rings (SSSR count). The Balaban J connectivity index is -0.0000000178. The first-order valence-corrected chi connectivity index (χ1v) is 4.44. The Hall–Kier alpha value is 2.16. The molecule has 10 nitrogen and oxygen atoms in total. The van der Waals surface area contributed by atoms with E-state index in [1.54, 1.807) is 0 Å². The van der Waals surface area contributed by atoms with Crippen LogP contribution in [0.3, 0.4) is 0 Å². The van der Waals surface area contributed by atoms with Crippen LogP contribution in [0.2, 0.25) is 0 Å². The molecule has 0 heterocycles. The van der Waals surface area contributed by atoms with Gasteiger partial charge < -0.3 is 25.6 Å². The quantitative estimate of drug-likeness (QED) is 0.165. The van der Waals surface area contributed by atoms with E-state index in [0.29, 0.717) is 0 Å². The number of hydrogen-bond donors (Lipinski definition) is 5. The van der Waals surface area contributed by atoms with Crippen molar-refractivity contribution in [2.45, 2.75) is 0 Å². The van der Waals surface area contributed by atoms with Crippen molar-refractivity contribution < 1.29 is 47.7 Å². The SMILES string of the molecule is O.O.O=P(O)(O)O.O=S(=O)(O)O.[CaH2].[NaH]. The van der Waals surface area contributed by atoms with Gasteiger partial charge in [0.15, 0.2) is 0 Å². The van der Waals surface area contributed by atoms with Crippen molar-refractivity contribution in [1.29, 1.82) is 0 Å². The van der Waals surface area contributed by atoms with Crippen molar-refractivity contribution in [3.8, 4) is 0 Å². The molecule has 0 atom stereocenters. The molecule has 0 aliphatic carbocycles. The molecule has 14 heavy (non-hydrogen) atoms. The molecule has 86 valence electrons. The predicted molar refractivity (Wildman–Crippen MR) is 51.4 cm³/mol. The second kappa shape index (κ2) is 15.2. The van der Waals surface area contributed by atoms with Crippen molar-refractivity contribution in [2.75, 3.05) is 0 Å². The summed E-state index contributed by atoms with van der Waals surface area (Å²) in [7, 11) is -9.31. The van der Waals surface area contributed by atoms with E-state index in [1.165, 1.54) is 0 Å². The van der Waals surface area contributed by atoms with E-state index in [4.69, 9.17) is 36.8 Å². The van der Waals surface area contributed by atoms with Gasteiger partial charge in [-0.05, 0) is 0 Å². The van der Waals surface area contributed by atoms with Gasteiger partial charge in [0.25, 0.3) is 0 Å². The Morgan fingerprint density at radius 1 is 0.929 bits per heavy atom. The van der Waals surface area contributed by atoms with Gasteiger partial charge in [-0.15, -0.1) is 0 Å². The fourth-order valence-corrected chi connectivity index (χ4v) is 0. The van der Waals surface area contributed by atoms with Crippen LogP contribution in [-0.4, -0.2) is 110 Å². The van der Waals surface area contributed by atoms with Gasteiger partial charge in [-0.25, -0.2) is 4.57 Å². The molecule has 0 saturated carbocycles. The average Bonchev–Trinajstić information content (AvgIpc) is 1.12. The minimum absolute atomic E-state index is 0. The summed E-state index contributed by atoms with van der Waals surface area (Å²) in [5, 5.41) is 0. The van der Waals surface area contributed by atoms with Crippen LogP contribution in [0.1, 0.15) is 0 Å². The normalized spacial score (nSPS) is 8.36. The van der Waals surface area contributed by atoms with Gasteiger partial charge in [0.2, 0.25) is 0 Å². The Morgan fingerprint density at radius 3 is 0.929 bits per heavy atom. The van der Waals surface area contributed by atoms with E-state index >= 15 is 0 Å². The van der Waals surface area contributed by atoms with Crippen molar-refractivity contribution in [2.24, 2.45) is 0 Å². The van der Waals surface area contributed by atoms with Crippen molar-refractivity contribution >= 4 is 85.5 Å². The molecule has 0 aliphatic rings. The molecule has 0 aromatic heterocycles. The summed E-state index contributed by atoms with van der Waals surface area (Å²) in [6.45, 7) is 0. The van der Waals surface area contributed by atoms with Crippen LogP contribution in [0.25, 0.3) is 0 Å². The van der Waals surface area contributed by atoms with Gasteiger partial charge in [-0.1, -0.05) is 0 Å². The monoisotopic (exact) mass is 298 g/mol. The summed E-state index contributed by atoms with van der Waals surface area (Å²) in [4.78, 5) is 21.6. The van der Waals surface area contributed by atoms with E-state index in [-0.39, 0.29) is 78.2 Å². The van der Waals surface area contributed by atoms with Gasteiger partial charge in [0.1, 0.15) is 0 Å². The molecule has 0 spiro atoms. The summed E-state index contributed by atoms with van der Waals surface area (Å²) >= 11 is 0. The Labute approximate surface area is 131 Å². The molecule has 9 N–H and O–H groups in total. The average molecular weight is 298 g/mol. The summed E-state index contributed by atoms with van der Waals surface area (Å²) in [6.07, 6.45) is 0. The fourth-order valence-electron chi connectivity index (χ4n) is 0. The van der Waals surface area contributed by atoms with Crippen LogP contribution in [-0.2, 0) is 15.0 Å². The van der Waals surface area contributed by atoms with E-state index in [9.17, 15) is 0 Å². The zero-order valence-electron chi connectivity index (χ0n) is 5.32. The van der Waals surface area contributed by atoms with Crippen molar-refractivity contribution in [1.82, 2.24) is 0 Å². The second-order valence-corrected chi connectivity index (χ2v) is 2.88. The van der Waals surface area contributed by atoms with Crippen LogP contribution >= 0.6 is 7.82 Å². The van der Waals surface area contributed by atoms with Crippen molar-refractivity contribution in [3.05, 3.63) is 0 Å². The molecule has 0 saturated heterocycles. The number of phosphoric acid groups is 1. The number of rotatable bonds is 0. The van der Waals surface area contributed by atoms with Crippen LogP contribution in [0.4, 0.5) is 0 Å². The minimum atomic E-state index is -4.67. The summed E-state index contributed by atoms with van der Waals surface area (Å²) in [5.74, 6) is 0. The van der Waals surface area contributed by atoms with E-state index < -0.39 is 18.2 Å². The molecule has 0 aromatic rings. The molecular weight excluding hydrogens is 286 g/mol. The molecule has 0 unspecified atom stereocenters. The fraction of sp³-hybridized carbons (Fsp3) is 0. The first-order chi connectivity index (χ1) is 4.00. The topological polar surface area (TPSA) is 215 Å². The maximum atomic E-state index is 8.88. The van der Waals surface area contributed by atoms with E-state index in [1.807, 2.05) is 0 Å². The summed E-state index contributed by atoms with van der Waals surface area (Å²) in [6, 6.07) is 0. The standard InChI is InChI=1S/Ca.Na.H3O4P.H2O4S.2H2O.3H/c;;2*1-5(2,3)4;;;;;/h;;(H3,1,2,3,4);(H2,1,2,3,4);2*1H2;;;. The maximum absolute atomic E-state index is 8.88. The van der Waals surface area contributed by atoms with Gasteiger partial charge in [-0.3, -0.25) is 9.11 Å². The Morgan fingerprint density at radius 2 is 0.929 bits per heavy atom. The Bertz CT molecular complexity index is 198. The Kier molecular flexibility index (Phi) is 39.0. The third-order valence-corrected chi connectivity index (χ3v) is 0. The molecular formula is H12CaNaO10PS. The zero-order chi connectivity index (χ0) is 9.00. The number of hydrogen-bond acceptors (Lipinski definition) is 3. The molecule has 0 aliphatic heterocycles. The van der Waals surface area contributed by atoms with Gasteiger partial charge in [0, 0.05) is 0 Å². The van der Waals surface area contributed by atoms with Crippen LogP contribution in [0.15, 0.2) is 0 Å². The third kappa shape index (κ3) is 526. The molecule has 0 amide bonds. The second-order valence-electron chi connectivity index (χ2n) is 0.961. The van der Waals surface area contributed by atoms with Crippen LogP contribution in [0.5, 0.6) is 0 Å². The van der Waals surface area contributed by atoms with Crippen LogP contribution < -0.4 is 0 Å².